The van der Waals surface area contributed by atoms with Crippen molar-refractivity contribution >= 4 is 17.7 Å². The first-order valence-corrected chi connectivity index (χ1v) is 7.50. The van der Waals surface area contributed by atoms with Crippen LogP contribution in [0.25, 0.3) is 0 Å². The van der Waals surface area contributed by atoms with Gasteiger partial charge in [0.1, 0.15) is 18.0 Å². The molecular formula is C18H23NO5. The summed E-state index contributed by atoms with van der Waals surface area (Å²) in [4.78, 5) is 25.2. The van der Waals surface area contributed by atoms with Crippen molar-refractivity contribution in [2.75, 3.05) is 25.2 Å². The molecule has 0 aliphatic rings. The zero-order chi connectivity index (χ0) is 18.2. The quantitative estimate of drug-likeness (QED) is 0.591. The fraction of sp³-hybridized carbons (Fsp3) is 0.444. The molecule has 1 aromatic rings. The molecule has 0 saturated heterocycles. The Morgan fingerprint density at radius 3 is 2.33 bits per heavy atom. The lowest BCUT2D eigenvalue weighted by molar-refractivity contribution is -0.140. The molecule has 1 aromatic carbocycles. The smallest absolute Gasteiger partial charge is 0.414 e. The Morgan fingerprint density at radius 1 is 1.21 bits per heavy atom. The van der Waals surface area contributed by atoms with Crippen molar-refractivity contribution in [1.29, 1.82) is 0 Å². The van der Waals surface area contributed by atoms with Crippen LogP contribution in [-0.2, 0) is 14.3 Å². The van der Waals surface area contributed by atoms with Gasteiger partial charge in [-0.3, -0.25) is 9.69 Å². The second kappa shape index (κ2) is 8.82. The Kier molecular flexibility index (Phi) is 7.12. The van der Waals surface area contributed by atoms with Crippen molar-refractivity contribution in [3.63, 3.8) is 0 Å². The highest BCUT2D eigenvalue weighted by molar-refractivity contribution is 5.88. The lowest BCUT2D eigenvalue weighted by Crippen LogP contribution is -2.38. The third-order valence-electron chi connectivity index (χ3n) is 2.85. The summed E-state index contributed by atoms with van der Waals surface area (Å²) in [5, 5.41) is 0. The van der Waals surface area contributed by atoms with Crippen molar-refractivity contribution in [3.05, 3.63) is 24.3 Å². The highest BCUT2D eigenvalue weighted by Crippen LogP contribution is 2.22. The minimum Gasteiger partial charge on any atom is -0.481 e. The Balaban J connectivity index is 2.92. The van der Waals surface area contributed by atoms with Crippen LogP contribution in [0.5, 0.6) is 5.75 Å². The summed E-state index contributed by atoms with van der Waals surface area (Å²) in [5.74, 6) is 2.57. The first-order valence-electron chi connectivity index (χ1n) is 7.50. The Labute approximate surface area is 142 Å². The summed E-state index contributed by atoms with van der Waals surface area (Å²) in [5.41, 5.74) is -0.0580. The van der Waals surface area contributed by atoms with Crippen molar-refractivity contribution in [2.24, 2.45) is 0 Å². The number of carbonyl (C=O) groups is 2. The van der Waals surface area contributed by atoms with Gasteiger partial charge in [-0.2, -0.15) is 0 Å². The molecule has 1 amide bonds. The number of ether oxygens (including phenoxy) is 3. The zero-order valence-electron chi connectivity index (χ0n) is 14.5. The number of hydrogen-bond donors (Lipinski definition) is 0. The van der Waals surface area contributed by atoms with Gasteiger partial charge >= 0.3 is 12.1 Å². The maximum Gasteiger partial charge on any atom is 0.414 e. The topological polar surface area (TPSA) is 65.1 Å². The van der Waals surface area contributed by atoms with Crippen LogP contribution < -0.4 is 9.64 Å². The average Bonchev–Trinajstić information content (AvgIpc) is 2.52. The minimum atomic E-state index is -0.642. The van der Waals surface area contributed by atoms with Gasteiger partial charge in [0.25, 0.3) is 0 Å². The number of rotatable bonds is 6. The Bertz CT molecular complexity index is 595. The van der Waals surface area contributed by atoms with E-state index >= 15 is 0 Å². The average molecular weight is 333 g/mol. The lowest BCUT2D eigenvalue weighted by atomic mass is 10.2. The molecule has 6 nitrogen and oxygen atoms in total. The summed E-state index contributed by atoms with van der Waals surface area (Å²) in [6, 6.07) is 6.80. The second-order valence-electron chi connectivity index (χ2n) is 5.94. The molecule has 0 atom stereocenters. The van der Waals surface area contributed by atoms with E-state index in [1.807, 2.05) is 0 Å². The van der Waals surface area contributed by atoms with E-state index < -0.39 is 17.7 Å². The number of esters is 1. The van der Waals surface area contributed by atoms with E-state index in [1.165, 1.54) is 12.0 Å². The van der Waals surface area contributed by atoms with E-state index in [4.69, 9.17) is 15.9 Å². The molecule has 0 saturated carbocycles. The van der Waals surface area contributed by atoms with Gasteiger partial charge in [0.05, 0.1) is 13.5 Å². The maximum absolute atomic E-state index is 12.4. The predicted molar refractivity (Wildman–Crippen MR) is 91.0 cm³/mol. The van der Waals surface area contributed by atoms with Gasteiger partial charge in [-0.25, -0.2) is 4.79 Å². The lowest BCUT2D eigenvalue weighted by Gasteiger charge is -2.27. The number of hydrogen-bond acceptors (Lipinski definition) is 5. The molecule has 0 N–H and O–H groups in total. The van der Waals surface area contributed by atoms with E-state index in [-0.39, 0.29) is 19.6 Å². The molecular weight excluding hydrogens is 310 g/mol. The molecule has 0 heterocycles. The van der Waals surface area contributed by atoms with Crippen LogP contribution in [0, 0.1) is 12.3 Å². The molecule has 130 valence electrons. The van der Waals surface area contributed by atoms with E-state index in [9.17, 15) is 9.59 Å². The molecule has 0 spiro atoms. The van der Waals surface area contributed by atoms with Crippen LogP contribution in [0.2, 0.25) is 0 Å². The monoisotopic (exact) mass is 333 g/mol. The van der Waals surface area contributed by atoms with Gasteiger partial charge in [0.15, 0.2) is 0 Å². The third-order valence-corrected chi connectivity index (χ3v) is 2.85. The normalized spacial score (nSPS) is 10.5. The van der Waals surface area contributed by atoms with Gasteiger partial charge in [0, 0.05) is 12.2 Å². The van der Waals surface area contributed by atoms with Crippen molar-refractivity contribution in [2.45, 2.75) is 32.8 Å². The van der Waals surface area contributed by atoms with Crippen LogP contribution in [0.3, 0.4) is 0 Å². The maximum atomic E-state index is 12.4. The number of methoxy groups -OCH3 is 1. The number of carbonyl (C=O) groups excluding carboxylic acids is 2. The molecule has 0 aliphatic heterocycles. The summed E-state index contributed by atoms with van der Waals surface area (Å²) in [6.07, 6.45) is 4.67. The van der Waals surface area contributed by atoms with Gasteiger partial charge in [-0.05, 0) is 45.0 Å². The van der Waals surface area contributed by atoms with Gasteiger partial charge in [0.2, 0.25) is 0 Å². The molecule has 1 rings (SSSR count). The Hall–Kier alpha value is -2.68. The predicted octanol–water partition coefficient (Wildman–Crippen LogP) is 3.00. The van der Waals surface area contributed by atoms with Gasteiger partial charge in [-0.1, -0.05) is 5.92 Å². The molecule has 0 aromatic heterocycles. The molecule has 0 radical (unpaired) electrons. The van der Waals surface area contributed by atoms with E-state index in [1.54, 1.807) is 45.0 Å². The van der Waals surface area contributed by atoms with Crippen molar-refractivity contribution in [3.8, 4) is 18.1 Å². The number of nitrogens with zero attached hydrogens (tertiary/aromatic N) is 1. The molecule has 0 fully saturated rings. The SMILES string of the molecule is C#CCOc1ccc(N(CCC(=O)OC)C(=O)OC(C)(C)C)cc1. The standard InChI is InChI=1S/C18H23NO5/c1-6-13-23-15-9-7-14(8-10-15)19(12-11-16(20)22-5)17(21)24-18(2,3)4/h1,7-10H,11-13H2,2-5H3. The number of terminal acetylenes is 1. The zero-order valence-corrected chi connectivity index (χ0v) is 14.5. The second-order valence-corrected chi connectivity index (χ2v) is 5.94. The fourth-order valence-corrected chi connectivity index (χ4v) is 1.80. The van der Waals surface area contributed by atoms with Crippen LogP contribution in [0.1, 0.15) is 27.2 Å². The van der Waals surface area contributed by atoms with Gasteiger partial charge < -0.3 is 14.2 Å². The molecule has 0 bridgehead atoms. The highest BCUT2D eigenvalue weighted by Gasteiger charge is 2.24. The van der Waals surface area contributed by atoms with Crippen LogP contribution >= 0.6 is 0 Å². The van der Waals surface area contributed by atoms with Crippen molar-refractivity contribution < 1.29 is 23.8 Å². The molecule has 0 unspecified atom stereocenters. The van der Waals surface area contributed by atoms with Crippen molar-refractivity contribution in [1.82, 2.24) is 0 Å². The number of benzene rings is 1. The molecule has 6 heteroatoms. The van der Waals surface area contributed by atoms with E-state index in [0.29, 0.717) is 11.4 Å². The number of anilines is 1. The molecule has 0 aliphatic carbocycles. The summed E-state index contributed by atoms with van der Waals surface area (Å²) in [7, 11) is 1.30. The first kappa shape index (κ1) is 19.4. The largest absolute Gasteiger partial charge is 0.481 e. The highest BCUT2D eigenvalue weighted by atomic mass is 16.6. The van der Waals surface area contributed by atoms with Gasteiger partial charge in [-0.15, -0.1) is 6.42 Å². The van der Waals surface area contributed by atoms with Crippen LogP contribution in [-0.4, -0.2) is 37.9 Å². The van der Waals surface area contributed by atoms with E-state index in [2.05, 4.69) is 10.7 Å². The van der Waals surface area contributed by atoms with Crippen LogP contribution in [0.4, 0.5) is 10.5 Å². The third kappa shape index (κ3) is 6.61. The number of amides is 1. The van der Waals surface area contributed by atoms with E-state index in [0.717, 1.165) is 0 Å². The summed E-state index contributed by atoms with van der Waals surface area (Å²) in [6.45, 7) is 5.64. The Morgan fingerprint density at radius 2 is 1.83 bits per heavy atom. The first-order chi connectivity index (χ1) is 11.3. The summed E-state index contributed by atoms with van der Waals surface area (Å²) < 4.78 is 15.3. The molecule has 24 heavy (non-hydrogen) atoms. The minimum absolute atomic E-state index is 0.0606. The fourth-order valence-electron chi connectivity index (χ4n) is 1.80. The summed E-state index contributed by atoms with van der Waals surface area (Å²) >= 11 is 0. The van der Waals surface area contributed by atoms with Crippen LogP contribution in [0.15, 0.2) is 24.3 Å².